The van der Waals surface area contributed by atoms with E-state index in [4.69, 9.17) is 10.00 Å². The summed E-state index contributed by atoms with van der Waals surface area (Å²) in [5.41, 5.74) is 0.560. The van der Waals surface area contributed by atoms with Gasteiger partial charge >= 0.3 is 0 Å². The molecule has 0 saturated carbocycles. The monoisotopic (exact) mass is 282 g/mol. The third-order valence-corrected chi connectivity index (χ3v) is 2.44. The number of nitrogens with zero attached hydrogens (tertiary/aromatic N) is 1. The van der Waals surface area contributed by atoms with E-state index in [1.165, 1.54) is 0 Å². The van der Waals surface area contributed by atoms with E-state index in [2.05, 4.69) is 21.2 Å². The lowest BCUT2D eigenvalue weighted by molar-refractivity contribution is -0.115. The van der Waals surface area contributed by atoms with Crippen LogP contribution in [0.2, 0.25) is 0 Å². The van der Waals surface area contributed by atoms with Crippen LogP contribution in [0.5, 0.6) is 5.75 Å². The number of nitrogens with one attached hydrogen (secondary N) is 1. The lowest BCUT2D eigenvalue weighted by atomic mass is 10.3. The maximum absolute atomic E-state index is 11.3. The number of nitriles is 1. The number of ether oxygens (including phenoxy) is 1. The van der Waals surface area contributed by atoms with E-state index in [0.717, 1.165) is 4.47 Å². The Morgan fingerprint density at radius 3 is 3.00 bits per heavy atom. The van der Waals surface area contributed by atoms with Gasteiger partial charge in [-0.3, -0.25) is 4.79 Å². The number of para-hydroxylation sites is 1. The van der Waals surface area contributed by atoms with Gasteiger partial charge in [-0.25, -0.2) is 0 Å². The molecule has 0 aliphatic carbocycles. The van der Waals surface area contributed by atoms with Gasteiger partial charge in [0.1, 0.15) is 12.2 Å². The molecule has 1 N–H and O–H groups in total. The van der Waals surface area contributed by atoms with Crippen LogP contribution in [0.3, 0.4) is 0 Å². The van der Waals surface area contributed by atoms with Crippen molar-refractivity contribution in [2.75, 3.05) is 11.9 Å². The SMILES string of the molecule is CCOc1cccc(Br)c1NC(=O)CC#N. The highest BCUT2D eigenvalue weighted by molar-refractivity contribution is 9.10. The zero-order chi connectivity index (χ0) is 12.0. The normalized spacial score (nSPS) is 9.31. The molecule has 0 fully saturated rings. The summed E-state index contributed by atoms with van der Waals surface area (Å²) in [5, 5.41) is 11.0. The molecule has 16 heavy (non-hydrogen) atoms. The summed E-state index contributed by atoms with van der Waals surface area (Å²) in [6.45, 7) is 2.37. The molecule has 4 nitrogen and oxygen atoms in total. The fraction of sp³-hybridized carbons (Fsp3) is 0.273. The number of carbonyl (C=O) groups is 1. The fourth-order valence-electron chi connectivity index (χ4n) is 1.16. The Morgan fingerprint density at radius 2 is 2.38 bits per heavy atom. The van der Waals surface area contributed by atoms with Crippen molar-refractivity contribution in [1.29, 1.82) is 5.26 Å². The molecule has 0 aromatic heterocycles. The van der Waals surface area contributed by atoms with Crippen molar-refractivity contribution in [3.8, 4) is 11.8 Å². The van der Waals surface area contributed by atoms with Gasteiger partial charge < -0.3 is 10.1 Å². The second-order valence-electron chi connectivity index (χ2n) is 2.93. The first-order valence-corrected chi connectivity index (χ1v) is 5.56. The summed E-state index contributed by atoms with van der Waals surface area (Å²) in [6, 6.07) is 7.16. The predicted octanol–water partition coefficient (Wildman–Crippen LogP) is 2.70. The van der Waals surface area contributed by atoms with E-state index >= 15 is 0 Å². The molecule has 0 aliphatic rings. The fourth-order valence-corrected chi connectivity index (χ4v) is 1.60. The van der Waals surface area contributed by atoms with Gasteiger partial charge in [0.15, 0.2) is 0 Å². The minimum Gasteiger partial charge on any atom is -0.492 e. The first-order valence-electron chi connectivity index (χ1n) is 4.77. The van der Waals surface area contributed by atoms with Gasteiger partial charge in [0, 0.05) is 4.47 Å². The molecule has 0 spiro atoms. The van der Waals surface area contributed by atoms with E-state index in [0.29, 0.717) is 18.0 Å². The molecule has 1 amide bonds. The third-order valence-electron chi connectivity index (χ3n) is 1.78. The molecular formula is C11H11BrN2O2. The van der Waals surface area contributed by atoms with Crippen LogP contribution >= 0.6 is 15.9 Å². The van der Waals surface area contributed by atoms with Crippen LogP contribution in [0.1, 0.15) is 13.3 Å². The molecule has 0 heterocycles. The minimum atomic E-state index is -0.352. The summed E-state index contributed by atoms with van der Waals surface area (Å²) in [6.07, 6.45) is -0.174. The van der Waals surface area contributed by atoms with Crippen LogP contribution in [-0.4, -0.2) is 12.5 Å². The average Bonchev–Trinajstić information content (AvgIpc) is 2.24. The quantitative estimate of drug-likeness (QED) is 0.924. The number of hydrogen-bond donors (Lipinski definition) is 1. The van der Waals surface area contributed by atoms with Crippen molar-refractivity contribution in [1.82, 2.24) is 0 Å². The van der Waals surface area contributed by atoms with Crippen LogP contribution in [0, 0.1) is 11.3 Å². The van der Waals surface area contributed by atoms with Crippen molar-refractivity contribution in [2.45, 2.75) is 13.3 Å². The van der Waals surface area contributed by atoms with Crippen LogP contribution in [0.25, 0.3) is 0 Å². The first kappa shape index (κ1) is 12.5. The number of anilines is 1. The summed E-state index contributed by atoms with van der Waals surface area (Å²) < 4.78 is 6.10. The zero-order valence-electron chi connectivity index (χ0n) is 8.79. The molecular weight excluding hydrogens is 272 g/mol. The van der Waals surface area contributed by atoms with Crippen LogP contribution in [0.4, 0.5) is 5.69 Å². The number of amides is 1. The molecule has 0 aliphatic heterocycles. The Balaban J connectivity index is 2.92. The van der Waals surface area contributed by atoms with E-state index in [1.54, 1.807) is 18.2 Å². The predicted molar refractivity (Wildman–Crippen MR) is 64.2 cm³/mol. The van der Waals surface area contributed by atoms with Crippen molar-refractivity contribution in [2.24, 2.45) is 0 Å². The minimum absolute atomic E-state index is 0.174. The van der Waals surface area contributed by atoms with Crippen molar-refractivity contribution in [3.63, 3.8) is 0 Å². The summed E-state index contributed by atoms with van der Waals surface area (Å²) in [4.78, 5) is 11.3. The molecule has 0 atom stereocenters. The van der Waals surface area contributed by atoms with E-state index < -0.39 is 0 Å². The maximum atomic E-state index is 11.3. The van der Waals surface area contributed by atoms with Crippen molar-refractivity contribution in [3.05, 3.63) is 22.7 Å². The Hall–Kier alpha value is -1.54. The molecule has 1 rings (SSSR count). The largest absolute Gasteiger partial charge is 0.492 e. The van der Waals surface area contributed by atoms with Gasteiger partial charge in [-0.15, -0.1) is 0 Å². The van der Waals surface area contributed by atoms with E-state index in [-0.39, 0.29) is 12.3 Å². The zero-order valence-corrected chi connectivity index (χ0v) is 10.4. The Bertz CT molecular complexity index is 426. The highest BCUT2D eigenvalue weighted by Gasteiger charge is 2.10. The molecule has 0 radical (unpaired) electrons. The molecule has 1 aromatic carbocycles. The third kappa shape index (κ3) is 3.24. The highest BCUT2D eigenvalue weighted by Crippen LogP contribution is 2.32. The number of hydrogen-bond acceptors (Lipinski definition) is 3. The van der Waals surface area contributed by atoms with Gasteiger partial charge in [-0.2, -0.15) is 5.26 Å². The maximum Gasteiger partial charge on any atom is 0.238 e. The second kappa shape index (κ2) is 6.13. The average molecular weight is 283 g/mol. The Kier molecular flexibility index (Phi) is 4.80. The standard InChI is InChI=1S/C11H11BrN2O2/c1-2-16-9-5-3-4-8(12)11(9)14-10(15)6-7-13/h3-5H,2,6H2,1H3,(H,14,15). The van der Waals surface area contributed by atoms with Gasteiger partial charge in [0.2, 0.25) is 5.91 Å². The summed E-state index contributed by atoms with van der Waals surface area (Å²) >= 11 is 3.32. The van der Waals surface area contributed by atoms with Crippen LogP contribution in [0.15, 0.2) is 22.7 Å². The summed E-state index contributed by atoms with van der Waals surface area (Å²) in [5.74, 6) is 0.235. The number of carbonyl (C=O) groups excluding carboxylic acids is 1. The van der Waals surface area contributed by atoms with E-state index in [1.807, 2.05) is 13.0 Å². The molecule has 5 heteroatoms. The summed E-state index contributed by atoms with van der Waals surface area (Å²) in [7, 11) is 0. The Morgan fingerprint density at radius 1 is 1.62 bits per heavy atom. The van der Waals surface area contributed by atoms with Gasteiger partial charge in [-0.1, -0.05) is 6.07 Å². The molecule has 0 bridgehead atoms. The van der Waals surface area contributed by atoms with Crippen molar-refractivity contribution >= 4 is 27.5 Å². The van der Waals surface area contributed by atoms with Gasteiger partial charge in [0.05, 0.1) is 18.4 Å². The molecule has 1 aromatic rings. The van der Waals surface area contributed by atoms with Gasteiger partial charge in [0.25, 0.3) is 0 Å². The van der Waals surface area contributed by atoms with Crippen LogP contribution in [-0.2, 0) is 4.79 Å². The lowest BCUT2D eigenvalue weighted by Crippen LogP contribution is -2.12. The molecule has 84 valence electrons. The lowest BCUT2D eigenvalue weighted by Gasteiger charge is -2.12. The number of halogens is 1. The smallest absolute Gasteiger partial charge is 0.238 e. The van der Waals surface area contributed by atoms with Gasteiger partial charge in [-0.05, 0) is 35.0 Å². The number of benzene rings is 1. The highest BCUT2D eigenvalue weighted by atomic mass is 79.9. The molecule has 0 unspecified atom stereocenters. The first-order chi connectivity index (χ1) is 7.69. The van der Waals surface area contributed by atoms with E-state index in [9.17, 15) is 4.79 Å². The molecule has 0 saturated heterocycles. The Labute approximate surface area is 102 Å². The van der Waals surface area contributed by atoms with Crippen LogP contribution < -0.4 is 10.1 Å². The topological polar surface area (TPSA) is 62.1 Å². The van der Waals surface area contributed by atoms with Crippen molar-refractivity contribution < 1.29 is 9.53 Å². The number of rotatable bonds is 4. The second-order valence-corrected chi connectivity index (χ2v) is 3.78.